The Balaban J connectivity index is 1.45. The second kappa shape index (κ2) is 6.80. The molecule has 1 aromatic heterocycles. The van der Waals surface area contributed by atoms with Crippen molar-refractivity contribution in [2.45, 2.75) is 24.7 Å². The van der Waals surface area contributed by atoms with E-state index in [2.05, 4.69) is 0 Å². The van der Waals surface area contributed by atoms with E-state index in [1.165, 1.54) is 12.5 Å². The molecule has 136 valence electrons. The minimum absolute atomic E-state index is 0.0425. The number of hydrogen-bond donors (Lipinski definition) is 0. The van der Waals surface area contributed by atoms with Crippen LogP contribution in [-0.2, 0) is 10.2 Å². The minimum atomic E-state index is -0.443. The lowest BCUT2D eigenvalue weighted by atomic mass is 9.63. The lowest BCUT2D eigenvalue weighted by Gasteiger charge is -2.46. The third-order valence-corrected chi connectivity index (χ3v) is 5.85. The van der Waals surface area contributed by atoms with Gasteiger partial charge in [0.25, 0.3) is 5.91 Å². The average molecular weight is 373 g/mol. The van der Waals surface area contributed by atoms with Crippen LogP contribution >= 0.6 is 11.6 Å². The molecule has 0 atom stereocenters. The molecule has 2 fully saturated rings. The van der Waals surface area contributed by atoms with E-state index in [0.717, 1.165) is 24.8 Å². The number of benzene rings is 1. The fraction of sp³-hybridized carbons (Fsp3) is 0.400. The Labute approximate surface area is 157 Å². The van der Waals surface area contributed by atoms with Gasteiger partial charge in [-0.15, -0.1) is 0 Å². The van der Waals surface area contributed by atoms with Crippen LogP contribution in [0.2, 0.25) is 5.02 Å². The van der Waals surface area contributed by atoms with Crippen LogP contribution in [0.25, 0.3) is 0 Å². The third kappa shape index (κ3) is 2.90. The number of furan rings is 1. The molecule has 2 amide bonds. The van der Waals surface area contributed by atoms with Gasteiger partial charge in [-0.1, -0.05) is 30.2 Å². The van der Waals surface area contributed by atoms with Gasteiger partial charge >= 0.3 is 0 Å². The van der Waals surface area contributed by atoms with Gasteiger partial charge in [-0.3, -0.25) is 9.59 Å². The second-order valence-corrected chi connectivity index (χ2v) is 7.48. The van der Waals surface area contributed by atoms with Crippen LogP contribution in [0.15, 0.2) is 47.3 Å². The molecule has 1 aromatic carbocycles. The zero-order chi connectivity index (χ0) is 18.1. The predicted octanol–water partition coefficient (Wildman–Crippen LogP) is 3.34. The summed E-state index contributed by atoms with van der Waals surface area (Å²) >= 11 is 6.15. The Hall–Kier alpha value is -2.27. The van der Waals surface area contributed by atoms with Gasteiger partial charge in [0.1, 0.15) is 6.26 Å². The molecule has 0 radical (unpaired) electrons. The maximum absolute atomic E-state index is 13.3. The van der Waals surface area contributed by atoms with Crippen molar-refractivity contribution in [3.8, 4) is 0 Å². The first kappa shape index (κ1) is 17.2. The van der Waals surface area contributed by atoms with Crippen molar-refractivity contribution in [3.05, 3.63) is 59.0 Å². The first-order valence-corrected chi connectivity index (χ1v) is 9.35. The van der Waals surface area contributed by atoms with Gasteiger partial charge in [0, 0.05) is 31.2 Å². The fourth-order valence-electron chi connectivity index (χ4n) is 3.93. The first-order valence-electron chi connectivity index (χ1n) is 8.97. The van der Waals surface area contributed by atoms with Crippen LogP contribution in [0.1, 0.15) is 35.2 Å². The largest absolute Gasteiger partial charge is 0.472 e. The van der Waals surface area contributed by atoms with Crippen molar-refractivity contribution in [2.75, 3.05) is 26.2 Å². The summed E-state index contributed by atoms with van der Waals surface area (Å²) < 4.78 is 4.99. The molecular formula is C20H21ClN2O3. The molecule has 2 heterocycles. The van der Waals surface area contributed by atoms with E-state index in [-0.39, 0.29) is 11.8 Å². The molecule has 1 saturated carbocycles. The lowest BCUT2D eigenvalue weighted by molar-refractivity contribution is -0.142. The predicted molar refractivity (Wildman–Crippen MR) is 98.2 cm³/mol. The summed E-state index contributed by atoms with van der Waals surface area (Å²) in [5, 5.41) is 0.664. The summed E-state index contributed by atoms with van der Waals surface area (Å²) in [5.41, 5.74) is 1.12. The van der Waals surface area contributed by atoms with Crippen molar-refractivity contribution in [2.24, 2.45) is 0 Å². The molecule has 6 heteroatoms. The Morgan fingerprint density at radius 1 is 1.04 bits per heavy atom. The number of amides is 2. The van der Waals surface area contributed by atoms with Gasteiger partial charge < -0.3 is 14.2 Å². The van der Waals surface area contributed by atoms with E-state index in [4.69, 9.17) is 16.0 Å². The van der Waals surface area contributed by atoms with Gasteiger partial charge in [-0.25, -0.2) is 0 Å². The quantitative estimate of drug-likeness (QED) is 0.830. The molecule has 0 N–H and O–H groups in total. The Bertz CT molecular complexity index is 806. The third-order valence-electron chi connectivity index (χ3n) is 5.62. The smallest absolute Gasteiger partial charge is 0.257 e. The highest BCUT2D eigenvalue weighted by molar-refractivity contribution is 6.30. The van der Waals surface area contributed by atoms with Crippen LogP contribution in [0.3, 0.4) is 0 Å². The molecule has 26 heavy (non-hydrogen) atoms. The van der Waals surface area contributed by atoms with E-state index in [1.807, 2.05) is 29.2 Å². The van der Waals surface area contributed by atoms with Gasteiger partial charge in [0.05, 0.1) is 17.2 Å². The maximum Gasteiger partial charge on any atom is 0.257 e. The standard InChI is InChI=1S/C20H21ClN2O3/c21-17-4-1-3-16(13-17)20(6-2-7-20)19(25)23-10-8-22(9-11-23)18(24)15-5-12-26-14-15/h1,3-5,12-14H,2,6-11H2. The number of hydrogen-bond acceptors (Lipinski definition) is 3. The highest BCUT2D eigenvalue weighted by Crippen LogP contribution is 2.45. The van der Waals surface area contributed by atoms with Crippen LogP contribution < -0.4 is 0 Å². The average Bonchev–Trinajstić information content (AvgIpc) is 3.15. The number of rotatable bonds is 3. The molecule has 1 aliphatic heterocycles. The van der Waals surface area contributed by atoms with Crippen molar-refractivity contribution >= 4 is 23.4 Å². The first-order chi connectivity index (χ1) is 12.6. The molecule has 2 aliphatic rings. The highest BCUT2D eigenvalue weighted by Gasteiger charge is 2.48. The zero-order valence-corrected chi connectivity index (χ0v) is 15.2. The summed E-state index contributed by atoms with van der Waals surface area (Å²) in [6.07, 6.45) is 5.73. The van der Waals surface area contributed by atoms with Gasteiger partial charge in [0.2, 0.25) is 5.91 Å². The van der Waals surface area contributed by atoms with E-state index in [1.54, 1.807) is 11.0 Å². The molecule has 1 aliphatic carbocycles. The summed E-state index contributed by atoms with van der Waals surface area (Å²) in [6, 6.07) is 9.33. The zero-order valence-electron chi connectivity index (χ0n) is 14.5. The van der Waals surface area contributed by atoms with E-state index >= 15 is 0 Å². The second-order valence-electron chi connectivity index (χ2n) is 7.04. The maximum atomic E-state index is 13.3. The van der Waals surface area contributed by atoms with Crippen molar-refractivity contribution in [1.29, 1.82) is 0 Å². The Morgan fingerprint density at radius 2 is 1.77 bits per heavy atom. The SMILES string of the molecule is O=C(c1ccoc1)N1CCN(C(=O)C2(c3cccc(Cl)c3)CCC2)CC1. The highest BCUT2D eigenvalue weighted by atomic mass is 35.5. The van der Waals surface area contributed by atoms with Crippen LogP contribution in [0.5, 0.6) is 0 Å². The topological polar surface area (TPSA) is 53.8 Å². The van der Waals surface area contributed by atoms with Gasteiger partial charge in [-0.05, 0) is 36.6 Å². The molecule has 4 rings (SSSR count). The fourth-order valence-corrected chi connectivity index (χ4v) is 4.12. The molecule has 0 bridgehead atoms. The Kier molecular flexibility index (Phi) is 4.49. The normalized spacial score (nSPS) is 19.1. The van der Waals surface area contributed by atoms with Gasteiger partial charge in [0.15, 0.2) is 0 Å². The van der Waals surface area contributed by atoms with Crippen molar-refractivity contribution in [1.82, 2.24) is 9.80 Å². The lowest BCUT2D eigenvalue weighted by Crippen LogP contribution is -2.57. The van der Waals surface area contributed by atoms with Crippen LogP contribution in [0.4, 0.5) is 0 Å². The molecule has 5 nitrogen and oxygen atoms in total. The van der Waals surface area contributed by atoms with E-state index < -0.39 is 5.41 Å². The molecular weight excluding hydrogens is 352 g/mol. The summed E-state index contributed by atoms with van der Waals surface area (Å²) in [7, 11) is 0. The summed E-state index contributed by atoms with van der Waals surface area (Å²) in [5.74, 6) is 0.125. The molecule has 0 spiro atoms. The minimum Gasteiger partial charge on any atom is -0.472 e. The number of piperazine rings is 1. The van der Waals surface area contributed by atoms with Crippen LogP contribution in [0, 0.1) is 0 Å². The summed E-state index contributed by atoms with van der Waals surface area (Å²) in [6.45, 7) is 2.21. The van der Waals surface area contributed by atoms with Crippen molar-refractivity contribution in [3.63, 3.8) is 0 Å². The number of nitrogens with zero attached hydrogens (tertiary/aromatic N) is 2. The van der Waals surface area contributed by atoms with E-state index in [0.29, 0.717) is 36.8 Å². The number of halogens is 1. The molecule has 1 saturated heterocycles. The Morgan fingerprint density at radius 3 is 2.35 bits per heavy atom. The summed E-state index contributed by atoms with van der Waals surface area (Å²) in [4.78, 5) is 29.4. The van der Waals surface area contributed by atoms with Crippen LogP contribution in [-0.4, -0.2) is 47.8 Å². The molecule has 2 aromatic rings. The van der Waals surface area contributed by atoms with Gasteiger partial charge in [-0.2, -0.15) is 0 Å². The van der Waals surface area contributed by atoms with Crippen molar-refractivity contribution < 1.29 is 14.0 Å². The molecule has 0 unspecified atom stereocenters. The number of carbonyl (C=O) groups excluding carboxylic acids is 2. The number of carbonyl (C=O) groups is 2. The monoisotopic (exact) mass is 372 g/mol. The van der Waals surface area contributed by atoms with E-state index in [9.17, 15) is 9.59 Å².